The predicted molar refractivity (Wildman–Crippen MR) is 316 cm³/mol. The fourth-order valence-corrected chi connectivity index (χ4v) is 7.37. The molecule has 12 N–H and O–H groups in total. The molecule has 79 heavy (non-hydrogen) atoms. The van der Waals surface area contributed by atoms with Gasteiger partial charge in [0.1, 0.15) is 0 Å². The molecule has 0 bridgehead atoms. The highest BCUT2D eigenvalue weighted by Crippen LogP contribution is 2.10. The van der Waals surface area contributed by atoms with E-state index in [0.717, 1.165) is 81.6 Å². The monoisotopic (exact) mass is 1080 g/mol. The Labute approximate surface area is 464 Å². The van der Waals surface area contributed by atoms with E-state index in [9.17, 15) is 31.2 Å². The maximum Gasteiger partial charge on any atom is 0.152 e. The zero-order valence-corrected chi connectivity index (χ0v) is 46.4. The fourth-order valence-electron chi connectivity index (χ4n) is 7.37. The summed E-state index contributed by atoms with van der Waals surface area (Å²) in [6.07, 6.45) is 2.47. The standard InChI is InChI=1S/C23H33N5O2.C19H24N4O2.C18H22N4O2/c1-18-6-10-20(11-7-18)22(26-29)24-14-4-16-28(3)17-5-15-25-23(27-30)21-12-8-19(2)9-13-21;1-14-4-8-16(9-5-14)18(22-24)20-12-3-13-21-19(23-25)17-10-6-15(2)7-11-17;1-13-3-7-15(8-4-13)17(21-23)19-11-12-20-18(22-24)16-9-5-14(2)6-10-16/h6-13,29-30H,4-5,14-17H2,1-3H3,(H,24,26)(H,25,27);4-11,24-25H,3,12-13H2,1-2H3,(H,20,22)(H,21,23);3-10,23-24H,11-12H2,1-2H3,(H,19,21)(H,20,22). The molecule has 19 nitrogen and oxygen atoms in total. The third kappa shape index (κ3) is 23.6. The Kier molecular flexibility index (Phi) is 28.9. The molecule has 6 aromatic rings. The van der Waals surface area contributed by atoms with Gasteiger partial charge < -0.3 is 4.90 Å². The van der Waals surface area contributed by atoms with Gasteiger partial charge >= 0.3 is 0 Å². The van der Waals surface area contributed by atoms with E-state index in [1.54, 1.807) is 0 Å². The van der Waals surface area contributed by atoms with Crippen molar-refractivity contribution in [2.24, 2.45) is 30.0 Å². The van der Waals surface area contributed by atoms with Crippen LogP contribution in [0.2, 0.25) is 0 Å². The molecule has 6 rings (SSSR count). The molecule has 6 aromatic carbocycles. The van der Waals surface area contributed by atoms with Gasteiger partial charge in [0, 0.05) is 59.6 Å². The number of aliphatic imine (C=N–C) groups is 6. The highest BCUT2D eigenvalue weighted by molar-refractivity contribution is 6.00. The first kappa shape index (κ1) is 63.4. The molecule has 0 aliphatic heterocycles. The van der Waals surface area contributed by atoms with E-state index < -0.39 is 0 Å². The van der Waals surface area contributed by atoms with Crippen molar-refractivity contribution in [2.75, 3.05) is 59.4 Å². The molecular formula is C60H79N13O6. The van der Waals surface area contributed by atoms with Crippen LogP contribution in [0, 0.1) is 41.5 Å². The third-order valence-electron chi connectivity index (χ3n) is 12.0. The quantitative estimate of drug-likeness (QED) is 0.0140. The molecule has 0 aliphatic carbocycles. The first-order valence-electron chi connectivity index (χ1n) is 26.1. The Morgan fingerprint density at radius 3 is 0.620 bits per heavy atom. The fraction of sp³-hybridized carbons (Fsp3) is 0.300. The number of benzene rings is 6. The third-order valence-corrected chi connectivity index (χ3v) is 12.0. The van der Waals surface area contributed by atoms with Crippen LogP contribution in [-0.4, -0.2) is 131 Å². The molecular weight excluding hydrogens is 999 g/mol. The highest BCUT2D eigenvalue weighted by atomic mass is 16.5. The lowest BCUT2D eigenvalue weighted by Crippen LogP contribution is -2.24. The number of hydrogen-bond acceptors (Lipinski definition) is 13. The zero-order valence-electron chi connectivity index (χ0n) is 46.4. The minimum Gasteiger partial charge on any atom is -0.306 e. The topological polar surface area (TPSA) is 271 Å². The lowest BCUT2D eigenvalue weighted by atomic mass is 10.1. The van der Waals surface area contributed by atoms with Crippen LogP contribution in [0.1, 0.15) is 86.0 Å². The van der Waals surface area contributed by atoms with Crippen molar-refractivity contribution >= 4 is 35.0 Å². The van der Waals surface area contributed by atoms with Gasteiger partial charge in [-0.3, -0.25) is 94.1 Å². The van der Waals surface area contributed by atoms with Gasteiger partial charge in [0.25, 0.3) is 0 Å². The van der Waals surface area contributed by atoms with Crippen molar-refractivity contribution in [2.45, 2.75) is 60.8 Å². The van der Waals surface area contributed by atoms with Crippen molar-refractivity contribution in [1.82, 2.24) is 37.8 Å². The number of hydrogen-bond donors (Lipinski definition) is 12. The summed E-state index contributed by atoms with van der Waals surface area (Å²) in [4.78, 5) is 28.4. The van der Waals surface area contributed by atoms with Crippen molar-refractivity contribution in [3.05, 3.63) is 212 Å². The summed E-state index contributed by atoms with van der Waals surface area (Å²) in [5.74, 6) is 2.63. The first-order valence-corrected chi connectivity index (χ1v) is 26.1. The maximum atomic E-state index is 9.34. The molecule has 0 aliphatic rings. The van der Waals surface area contributed by atoms with Crippen molar-refractivity contribution < 1.29 is 31.2 Å². The maximum absolute atomic E-state index is 9.34. The Morgan fingerprint density at radius 2 is 0.443 bits per heavy atom. The van der Waals surface area contributed by atoms with Crippen LogP contribution in [0.15, 0.2) is 176 Å². The smallest absolute Gasteiger partial charge is 0.152 e. The van der Waals surface area contributed by atoms with Gasteiger partial charge in [0.15, 0.2) is 35.0 Å². The first-order chi connectivity index (χ1) is 38.3. The molecule has 0 heterocycles. The van der Waals surface area contributed by atoms with Crippen LogP contribution in [0.4, 0.5) is 0 Å². The summed E-state index contributed by atoms with van der Waals surface area (Å²) >= 11 is 0. The second-order valence-corrected chi connectivity index (χ2v) is 18.6. The average molecular weight is 1080 g/mol. The van der Waals surface area contributed by atoms with Crippen LogP contribution in [0.3, 0.4) is 0 Å². The van der Waals surface area contributed by atoms with E-state index in [-0.39, 0.29) is 0 Å². The van der Waals surface area contributed by atoms with Gasteiger partial charge in [0.05, 0.1) is 13.1 Å². The van der Waals surface area contributed by atoms with Crippen LogP contribution in [-0.2, 0) is 0 Å². The highest BCUT2D eigenvalue weighted by Gasteiger charge is 2.07. The predicted octanol–water partition coefficient (Wildman–Crippen LogP) is 8.47. The van der Waals surface area contributed by atoms with Crippen molar-refractivity contribution in [1.29, 1.82) is 0 Å². The van der Waals surface area contributed by atoms with E-state index in [1.165, 1.54) is 11.1 Å². The molecule has 0 aromatic heterocycles. The SMILES string of the molecule is Cc1ccc(C(=NCCCN(C)CCCN=C(NO)c2ccc(C)cc2)NO)cc1.Cc1ccc(C(=NCCCN=C(NO)c2ccc(C)cc2)NO)cc1.Cc1ccc(C(=NCCN=C(NO)c2ccc(C)cc2)NO)cc1. The van der Waals surface area contributed by atoms with Crippen molar-refractivity contribution in [3.8, 4) is 0 Å². The van der Waals surface area contributed by atoms with Crippen LogP contribution >= 0.6 is 0 Å². The molecule has 0 unspecified atom stereocenters. The van der Waals surface area contributed by atoms with Gasteiger partial charge in [-0.05, 0) is 80.9 Å². The molecule has 0 atom stereocenters. The lowest BCUT2D eigenvalue weighted by Gasteiger charge is -2.15. The van der Waals surface area contributed by atoms with Gasteiger partial charge in [0.2, 0.25) is 0 Å². The second-order valence-electron chi connectivity index (χ2n) is 18.6. The zero-order chi connectivity index (χ0) is 57.2. The molecule has 0 saturated heterocycles. The normalized spacial score (nSPS) is 12.2. The number of aryl methyl sites for hydroxylation is 6. The number of amidine groups is 6. The van der Waals surface area contributed by atoms with E-state index in [4.69, 9.17) is 0 Å². The summed E-state index contributed by atoms with van der Waals surface area (Å²) in [6.45, 7) is 16.9. The molecule has 0 spiro atoms. The molecule has 420 valence electrons. The summed E-state index contributed by atoms with van der Waals surface area (Å²) in [5, 5.41) is 55.6. The molecule has 0 amide bonds. The number of hydroxylamine groups is 6. The van der Waals surface area contributed by atoms with E-state index in [2.05, 4.69) is 74.8 Å². The summed E-state index contributed by atoms with van der Waals surface area (Å²) in [7, 11) is 2.07. The van der Waals surface area contributed by atoms with Gasteiger partial charge in [-0.15, -0.1) is 0 Å². The van der Waals surface area contributed by atoms with E-state index in [0.29, 0.717) is 80.7 Å². The summed E-state index contributed by atoms with van der Waals surface area (Å²) in [6, 6.07) is 46.5. The lowest BCUT2D eigenvalue weighted by molar-refractivity contribution is 0.234. The Hall–Kier alpha value is -8.14. The van der Waals surface area contributed by atoms with Crippen molar-refractivity contribution in [3.63, 3.8) is 0 Å². The Morgan fingerprint density at radius 1 is 0.278 bits per heavy atom. The molecule has 0 fully saturated rings. The Balaban J connectivity index is 0.000000257. The Bertz CT molecular complexity index is 2680. The van der Waals surface area contributed by atoms with Crippen LogP contribution in [0.25, 0.3) is 0 Å². The second kappa shape index (κ2) is 36.0. The van der Waals surface area contributed by atoms with E-state index in [1.807, 2.05) is 187 Å². The van der Waals surface area contributed by atoms with Crippen LogP contribution in [0.5, 0.6) is 0 Å². The average Bonchev–Trinajstić information content (AvgIpc) is 3.46. The van der Waals surface area contributed by atoms with Gasteiger partial charge in [-0.2, -0.15) is 0 Å². The van der Waals surface area contributed by atoms with E-state index >= 15 is 0 Å². The minimum absolute atomic E-state index is 0.369. The van der Waals surface area contributed by atoms with Gasteiger partial charge in [-0.1, -0.05) is 179 Å². The molecule has 0 saturated carbocycles. The molecule has 0 radical (unpaired) electrons. The minimum atomic E-state index is 0.369. The van der Waals surface area contributed by atoms with Crippen LogP contribution < -0.4 is 32.9 Å². The number of nitrogens with one attached hydrogen (secondary N) is 6. The molecule has 19 heteroatoms. The largest absolute Gasteiger partial charge is 0.306 e. The number of rotatable bonds is 21. The number of nitrogens with zero attached hydrogens (tertiary/aromatic N) is 7. The summed E-state index contributed by atoms with van der Waals surface area (Å²) in [5.41, 5.74) is 24.8. The van der Waals surface area contributed by atoms with Gasteiger partial charge in [-0.25, -0.2) is 0 Å². The summed E-state index contributed by atoms with van der Waals surface area (Å²) < 4.78 is 0.